The number of aromatic amines is 2. The van der Waals surface area contributed by atoms with E-state index in [1.54, 1.807) is 6.07 Å². The number of amides is 3. The first kappa shape index (κ1) is 21.6. The highest BCUT2D eigenvalue weighted by Crippen LogP contribution is 2.41. The fourth-order valence-corrected chi connectivity index (χ4v) is 4.98. The van der Waals surface area contributed by atoms with E-state index in [1.165, 1.54) is 5.70 Å². The summed E-state index contributed by atoms with van der Waals surface area (Å²) < 4.78 is 0. The van der Waals surface area contributed by atoms with Crippen molar-refractivity contribution < 1.29 is 9.59 Å². The number of aromatic nitrogens is 4. The zero-order valence-corrected chi connectivity index (χ0v) is 19.5. The standard InChI is InChI=1S/C22H29BN8O2/c1-12-9-29-7-5-6-14(29)10-30(12)21(33)31-11-15-18(22(31,3)4)27-28-19(15)24-20(32)17-8-16(13(2)23)25-26-17/h6,8,12-13H,5,7,9-11H2,1-4H3,(H,25,26)(H2,24,27,28,32)/t12-,13?/m0/s1. The molecule has 2 radical (unpaired) electrons. The quantitative estimate of drug-likeness (QED) is 0.623. The first-order chi connectivity index (χ1) is 15.7. The zero-order chi connectivity index (χ0) is 23.5. The summed E-state index contributed by atoms with van der Waals surface area (Å²) in [6.45, 7) is 10.8. The van der Waals surface area contributed by atoms with Crippen molar-refractivity contribution in [3.63, 3.8) is 0 Å². The van der Waals surface area contributed by atoms with Crippen LogP contribution in [0, 0.1) is 0 Å². The highest BCUT2D eigenvalue weighted by molar-refractivity contribution is 6.12. The lowest BCUT2D eigenvalue weighted by molar-refractivity contribution is 0.0776. The Morgan fingerprint density at radius 2 is 2.06 bits per heavy atom. The van der Waals surface area contributed by atoms with Crippen molar-refractivity contribution in [2.45, 2.75) is 58.1 Å². The number of nitrogens with one attached hydrogen (secondary N) is 3. The van der Waals surface area contributed by atoms with E-state index in [1.807, 2.05) is 30.6 Å². The number of H-pyrrole nitrogens is 2. The zero-order valence-electron chi connectivity index (χ0n) is 19.5. The maximum Gasteiger partial charge on any atom is 0.321 e. The number of hydrogen-bond donors (Lipinski definition) is 3. The lowest BCUT2D eigenvalue weighted by Crippen LogP contribution is -2.57. The summed E-state index contributed by atoms with van der Waals surface area (Å²) in [5.41, 5.74) is 3.21. The van der Waals surface area contributed by atoms with Crippen molar-refractivity contribution in [1.29, 1.82) is 0 Å². The number of hydrogen-bond acceptors (Lipinski definition) is 5. The highest BCUT2D eigenvalue weighted by atomic mass is 16.2. The topological polar surface area (TPSA) is 113 Å². The fraction of sp³-hybridized carbons (Fsp3) is 0.545. The van der Waals surface area contributed by atoms with Crippen molar-refractivity contribution in [3.05, 3.63) is 40.5 Å². The van der Waals surface area contributed by atoms with Crippen LogP contribution in [-0.2, 0) is 12.1 Å². The molecule has 0 aromatic carbocycles. The third kappa shape index (κ3) is 3.50. The van der Waals surface area contributed by atoms with Gasteiger partial charge in [-0.25, -0.2) is 4.79 Å². The Bertz CT molecular complexity index is 1130. The highest BCUT2D eigenvalue weighted by Gasteiger charge is 2.46. The second kappa shape index (κ2) is 7.67. The first-order valence-electron chi connectivity index (χ1n) is 11.4. The lowest BCUT2D eigenvalue weighted by Gasteiger charge is -2.44. The molecule has 2 aromatic rings. The molecule has 2 aromatic heterocycles. The average molecular weight is 448 g/mol. The van der Waals surface area contributed by atoms with Gasteiger partial charge in [-0.05, 0) is 39.1 Å². The minimum Gasteiger partial charge on any atom is -0.371 e. The predicted octanol–water partition coefficient (Wildman–Crippen LogP) is 2.08. The maximum atomic E-state index is 13.7. The van der Waals surface area contributed by atoms with E-state index in [9.17, 15) is 9.59 Å². The van der Waals surface area contributed by atoms with Crippen molar-refractivity contribution >= 4 is 25.6 Å². The van der Waals surface area contributed by atoms with Crippen LogP contribution in [0.15, 0.2) is 17.8 Å². The number of urea groups is 1. The smallest absolute Gasteiger partial charge is 0.321 e. The molecule has 5 rings (SSSR count). The molecular weight excluding hydrogens is 419 g/mol. The molecule has 33 heavy (non-hydrogen) atoms. The average Bonchev–Trinajstić information content (AvgIpc) is 3.52. The lowest BCUT2D eigenvalue weighted by atomic mass is 9.87. The molecule has 3 aliphatic heterocycles. The Morgan fingerprint density at radius 3 is 2.79 bits per heavy atom. The van der Waals surface area contributed by atoms with E-state index < -0.39 is 5.54 Å². The van der Waals surface area contributed by atoms with Gasteiger partial charge in [0.25, 0.3) is 5.91 Å². The molecule has 1 unspecified atom stereocenters. The van der Waals surface area contributed by atoms with Crippen molar-refractivity contribution in [3.8, 4) is 0 Å². The largest absolute Gasteiger partial charge is 0.371 e. The Labute approximate surface area is 194 Å². The minimum atomic E-state index is -0.586. The van der Waals surface area contributed by atoms with Gasteiger partial charge in [0, 0.05) is 36.1 Å². The van der Waals surface area contributed by atoms with Gasteiger partial charge in [-0.3, -0.25) is 15.0 Å². The summed E-state index contributed by atoms with van der Waals surface area (Å²) in [7, 11) is 5.84. The van der Waals surface area contributed by atoms with Crippen molar-refractivity contribution in [2.75, 3.05) is 25.0 Å². The predicted molar refractivity (Wildman–Crippen MR) is 124 cm³/mol. The molecule has 3 amide bonds. The molecular formula is C22H29BN8O2. The SMILES string of the molecule is [B]C(C)c1cc(C(=O)Nc2n[nH]c3c2CN(C(=O)N2CC4=CCCN4C[C@@H]2C)C3(C)C)n[nH]1. The molecule has 3 aliphatic rings. The van der Waals surface area contributed by atoms with Crippen LogP contribution in [0.2, 0.25) is 0 Å². The van der Waals surface area contributed by atoms with Crippen LogP contribution < -0.4 is 5.32 Å². The van der Waals surface area contributed by atoms with E-state index in [2.05, 4.69) is 43.6 Å². The Hall–Kier alpha value is -3.24. The van der Waals surface area contributed by atoms with Crippen LogP contribution in [0.5, 0.6) is 0 Å². The van der Waals surface area contributed by atoms with Crippen molar-refractivity contribution in [2.24, 2.45) is 0 Å². The van der Waals surface area contributed by atoms with Gasteiger partial charge in [0.2, 0.25) is 0 Å². The second-order valence-electron chi connectivity index (χ2n) is 9.71. The number of rotatable bonds is 3. The first-order valence-corrected chi connectivity index (χ1v) is 11.4. The molecule has 5 heterocycles. The van der Waals surface area contributed by atoms with Crippen LogP contribution in [0.1, 0.15) is 67.4 Å². The van der Waals surface area contributed by atoms with Gasteiger partial charge in [-0.15, -0.1) is 0 Å². The molecule has 0 saturated carbocycles. The molecule has 11 heteroatoms. The number of carbonyl (C=O) groups is 2. The molecule has 1 saturated heterocycles. The third-order valence-electron chi connectivity index (χ3n) is 7.03. The van der Waals surface area contributed by atoms with Gasteiger partial charge in [-0.1, -0.05) is 13.0 Å². The monoisotopic (exact) mass is 448 g/mol. The summed E-state index contributed by atoms with van der Waals surface area (Å²) in [6, 6.07) is 1.75. The number of piperazine rings is 1. The Morgan fingerprint density at radius 1 is 1.27 bits per heavy atom. The molecule has 1 fully saturated rings. The third-order valence-corrected chi connectivity index (χ3v) is 7.03. The normalized spacial score (nSPS) is 22.1. The Kier molecular flexibility index (Phi) is 5.02. The number of carbonyl (C=O) groups excluding carboxylic acids is 2. The molecule has 0 spiro atoms. The number of anilines is 1. The maximum absolute atomic E-state index is 13.7. The van der Waals surface area contributed by atoms with E-state index in [-0.39, 0.29) is 29.5 Å². The molecule has 172 valence electrons. The van der Waals surface area contributed by atoms with Crippen LogP contribution in [0.25, 0.3) is 0 Å². The molecule has 10 nitrogen and oxygen atoms in total. The summed E-state index contributed by atoms with van der Waals surface area (Å²) >= 11 is 0. The van der Waals surface area contributed by atoms with Gasteiger partial charge in [-0.2, -0.15) is 10.2 Å². The van der Waals surface area contributed by atoms with E-state index in [0.717, 1.165) is 30.8 Å². The fourth-order valence-electron chi connectivity index (χ4n) is 4.98. The van der Waals surface area contributed by atoms with Crippen LogP contribution in [0.4, 0.5) is 10.6 Å². The van der Waals surface area contributed by atoms with Gasteiger partial charge in [0.1, 0.15) is 0 Å². The molecule has 0 bridgehead atoms. The summed E-state index contributed by atoms with van der Waals surface area (Å²) in [6.07, 6.45) is 3.27. The van der Waals surface area contributed by atoms with Gasteiger partial charge < -0.3 is 20.0 Å². The number of nitrogens with zero attached hydrogens (tertiary/aromatic N) is 5. The van der Waals surface area contributed by atoms with E-state index in [4.69, 9.17) is 7.85 Å². The minimum absolute atomic E-state index is 0.00398. The van der Waals surface area contributed by atoms with Gasteiger partial charge in [0.15, 0.2) is 11.5 Å². The van der Waals surface area contributed by atoms with Gasteiger partial charge >= 0.3 is 6.03 Å². The molecule has 0 aliphatic carbocycles. The summed E-state index contributed by atoms with van der Waals surface area (Å²) in [5, 5.41) is 17.0. The molecule has 3 N–H and O–H groups in total. The van der Waals surface area contributed by atoms with Crippen molar-refractivity contribution in [1.82, 2.24) is 35.1 Å². The van der Waals surface area contributed by atoms with Crippen LogP contribution in [0.3, 0.4) is 0 Å². The summed E-state index contributed by atoms with van der Waals surface area (Å²) in [5.74, 6) is -0.216. The van der Waals surface area contributed by atoms with Crippen LogP contribution in [-0.4, -0.2) is 80.6 Å². The number of fused-ring (bicyclic) bond motifs is 2. The van der Waals surface area contributed by atoms with Gasteiger partial charge in [0.05, 0.1) is 32.2 Å². The summed E-state index contributed by atoms with van der Waals surface area (Å²) in [4.78, 5) is 32.6. The van der Waals surface area contributed by atoms with E-state index >= 15 is 0 Å². The molecule has 2 atom stereocenters. The van der Waals surface area contributed by atoms with Crippen LogP contribution >= 0.6 is 0 Å². The van der Waals surface area contributed by atoms with E-state index in [0.29, 0.717) is 24.6 Å². The Balaban J connectivity index is 1.34. The second-order valence-corrected chi connectivity index (χ2v) is 9.71.